The molecule has 1 aromatic carbocycles. The fraction of sp³-hybridized carbons (Fsp3) is 0.600. The number of hydrogen-bond donors (Lipinski definition) is 2. The van der Waals surface area contributed by atoms with Crippen LogP contribution >= 0.6 is 0 Å². The minimum atomic E-state index is -0.498. The van der Waals surface area contributed by atoms with Crippen LogP contribution in [0.2, 0.25) is 0 Å². The Hall–Kier alpha value is -1.06. The van der Waals surface area contributed by atoms with E-state index in [0.717, 1.165) is 12.1 Å². The highest BCUT2D eigenvalue weighted by Gasteiger charge is 2.19. The second-order valence-corrected chi connectivity index (χ2v) is 5.91. The molecule has 0 saturated carbocycles. The van der Waals surface area contributed by atoms with Crippen molar-refractivity contribution < 1.29 is 5.11 Å². The zero-order chi connectivity index (χ0) is 13.2. The van der Waals surface area contributed by atoms with Gasteiger partial charge in [0, 0.05) is 17.6 Å². The number of likely N-dealkylation sites (tertiary alicyclic amines) is 1. The van der Waals surface area contributed by atoms with Gasteiger partial charge in [-0.05, 0) is 57.5 Å². The molecular formula is C15H24N2O. The molecule has 1 aliphatic heterocycles. The molecule has 0 aromatic heterocycles. The average molecular weight is 248 g/mol. The van der Waals surface area contributed by atoms with Crippen molar-refractivity contribution in [2.24, 2.45) is 5.73 Å². The molecule has 18 heavy (non-hydrogen) atoms. The Morgan fingerprint density at radius 2 is 1.89 bits per heavy atom. The number of phenols is 1. The largest absolute Gasteiger partial charge is 0.508 e. The number of piperidine rings is 1. The first kappa shape index (κ1) is 13.4. The van der Waals surface area contributed by atoms with Gasteiger partial charge in [-0.3, -0.25) is 4.90 Å². The molecule has 0 bridgehead atoms. The van der Waals surface area contributed by atoms with E-state index in [9.17, 15) is 5.11 Å². The van der Waals surface area contributed by atoms with Crippen LogP contribution in [0.4, 0.5) is 0 Å². The quantitative estimate of drug-likeness (QED) is 0.864. The first-order chi connectivity index (χ1) is 8.47. The lowest BCUT2D eigenvalue weighted by Gasteiger charge is -2.27. The summed E-state index contributed by atoms with van der Waals surface area (Å²) in [5, 5.41) is 9.88. The number of benzene rings is 1. The van der Waals surface area contributed by atoms with E-state index in [4.69, 9.17) is 5.73 Å². The number of aromatic hydroxyl groups is 1. The van der Waals surface area contributed by atoms with Crippen LogP contribution in [-0.2, 0) is 12.1 Å². The van der Waals surface area contributed by atoms with E-state index in [1.165, 1.54) is 37.9 Å². The van der Waals surface area contributed by atoms with Crippen LogP contribution in [0.3, 0.4) is 0 Å². The lowest BCUT2D eigenvalue weighted by molar-refractivity contribution is 0.220. The summed E-state index contributed by atoms with van der Waals surface area (Å²) in [4.78, 5) is 2.48. The number of phenolic OH excluding ortho intramolecular Hbond substituents is 1. The van der Waals surface area contributed by atoms with Gasteiger partial charge in [0.15, 0.2) is 0 Å². The molecule has 2 rings (SSSR count). The maximum Gasteiger partial charge on any atom is 0.120 e. The third-order valence-corrected chi connectivity index (χ3v) is 3.61. The summed E-state index contributed by atoms with van der Waals surface area (Å²) >= 11 is 0. The Balaban J connectivity index is 2.14. The summed E-state index contributed by atoms with van der Waals surface area (Å²) in [6.07, 6.45) is 3.95. The molecule has 1 saturated heterocycles. The summed E-state index contributed by atoms with van der Waals surface area (Å²) in [6.45, 7) is 7.17. The highest BCUT2D eigenvalue weighted by Crippen LogP contribution is 2.28. The molecule has 3 N–H and O–H groups in total. The van der Waals surface area contributed by atoms with Gasteiger partial charge in [0.2, 0.25) is 0 Å². The van der Waals surface area contributed by atoms with Crippen LogP contribution in [0.5, 0.6) is 5.75 Å². The summed E-state index contributed by atoms with van der Waals surface area (Å²) in [5.41, 5.74) is 7.66. The Morgan fingerprint density at radius 3 is 2.50 bits per heavy atom. The van der Waals surface area contributed by atoms with Crippen LogP contribution in [0, 0.1) is 0 Å². The van der Waals surface area contributed by atoms with Crippen molar-refractivity contribution in [3.8, 4) is 5.75 Å². The number of hydrogen-bond acceptors (Lipinski definition) is 3. The monoisotopic (exact) mass is 248 g/mol. The summed E-state index contributed by atoms with van der Waals surface area (Å²) < 4.78 is 0. The van der Waals surface area contributed by atoms with Crippen LogP contribution in [0.25, 0.3) is 0 Å². The van der Waals surface area contributed by atoms with E-state index < -0.39 is 5.54 Å². The van der Waals surface area contributed by atoms with Crippen molar-refractivity contribution >= 4 is 0 Å². The molecular weight excluding hydrogens is 224 g/mol. The molecule has 0 spiro atoms. The smallest absolute Gasteiger partial charge is 0.120 e. The van der Waals surface area contributed by atoms with Crippen molar-refractivity contribution in [3.05, 3.63) is 29.3 Å². The van der Waals surface area contributed by atoms with Crippen molar-refractivity contribution in [2.75, 3.05) is 13.1 Å². The van der Waals surface area contributed by atoms with Crippen molar-refractivity contribution in [1.29, 1.82) is 0 Å². The van der Waals surface area contributed by atoms with Crippen molar-refractivity contribution in [2.45, 2.75) is 45.2 Å². The molecule has 0 radical (unpaired) electrons. The molecule has 1 aromatic rings. The lowest BCUT2D eigenvalue weighted by Crippen LogP contribution is -2.30. The van der Waals surface area contributed by atoms with Crippen LogP contribution in [0.1, 0.15) is 44.2 Å². The fourth-order valence-electron chi connectivity index (χ4n) is 2.57. The van der Waals surface area contributed by atoms with Gasteiger partial charge in [-0.2, -0.15) is 0 Å². The van der Waals surface area contributed by atoms with E-state index in [2.05, 4.69) is 4.90 Å². The maximum absolute atomic E-state index is 9.88. The Labute approximate surface area is 110 Å². The topological polar surface area (TPSA) is 49.5 Å². The number of nitrogens with two attached hydrogens (primary N) is 1. The van der Waals surface area contributed by atoms with Gasteiger partial charge < -0.3 is 10.8 Å². The second-order valence-electron chi connectivity index (χ2n) is 5.91. The third-order valence-electron chi connectivity index (χ3n) is 3.61. The number of rotatable bonds is 3. The van der Waals surface area contributed by atoms with Crippen LogP contribution in [0.15, 0.2) is 18.2 Å². The predicted molar refractivity (Wildman–Crippen MR) is 74.4 cm³/mol. The van der Waals surface area contributed by atoms with Gasteiger partial charge in [-0.25, -0.2) is 0 Å². The Morgan fingerprint density at radius 1 is 1.22 bits per heavy atom. The summed E-state index contributed by atoms with van der Waals surface area (Å²) in [7, 11) is 0. The Kier molecular flexibility index (Phi) is 3.93. The first-order valence-corrected chi connectivity index (χ1v) is 6.80. The maximum atomic E-state index is 9.88. The van der Waals surface area contributed by atoms with E-state index in [0.29, 0.717) is 5.75 Å². The van der Waals surface area contributed by atoms with Crippen molar-refractivity contribution in [1.82, 2.24) is 4.90 Å². The molecule has 3 nitrogen and oxygen atoms in total. The van der Waals surface area contributed by atoms with Gasteiger partial charge in [-0.1, -0.05) is 12.5 Å². The van der Waals surface area contributed by atoms with Gasteiger partial charge >= 0.3 is 0 Å². The van der Waals surface area contributed by atoms with Gasteiger partial charge in [0.25, 0.3) is 0 Å². The molecule has 0 aliphatic carbocycles. The van der Waals surface area contributed by atoms with Gasteiger partial charge in [0.1, 0.15) is 5.75 Å². The summed E-state index contributed by atoms with van der Waals surface area (Å²) in [6, 6.07) is 5.81. The molecule has 1 aliphatic rings. The zero-order valence-corrected chi connectivity index (χ0v) is 11.4. The Bertz CT molecular complexity index is 403. The van der Waals surface area contributed by atoms with Crippen molar-refractivity contribution in [3.63, 3.8) is 0 Å². The van der Waals surface area contributed by atoms with E-state index in [1.807, 2.05) is 26.0 Å². The average Bonchev–Trinajstić information content (AvgIpc) is 2.31. The van der Waals surface area contributed by atoms with E-state index >= 15 is 0 Å². The lowest BCUT2D eigenvalue weighted by atomic mass is 9.93. The highest BCUT2D eigenvalue weighted by atomic mass is 16.3. The van der Waals surface area contributed by atoms with E-state index in [-0.39, 0.29) is 0 Å². The van der Waals surface area contributed by atoms with Gasteiger partial charge in [-0.15, -0.1) is 0 Å². The molecule has 1 fully saturated rings. The van der Waals surface area contributed by atoms with Crippen LogP contribution < -0.4 is 5.73 Å². The zero-order valence-electron chi connectivity index (χ0n) is 11.4. The second kappa shape index (κ2) is 5.29. The van der Waals surface area contributed by atoms with E-state index in [1.54, 1.807) is 6.07 Å². The summed E-state index contributed by atoms with van der Waals surface area (Å²) in [5.74, 6) is 0.296. The van der Waals surface area contributed by atoms with Crippen LogP contribution in [-0.4, -0.2) is 23.1 Å². The molecule has 0 amide bonds. The number of nitrogens with zero attached hydrogens (tertiary/aromatic N) is 1. The molecule has 100 valence electrons. The molecule has 0 atom stereocenters. The minimum absolute atomic E-state index is 0.296. The molecule has 1 heterocycles. The normalized spacial score (nSPS) is 17.9. The highest BCUT2D eigenvalue weighted by molar-refractivity contribution is 5.40. The predicted octanol–water partition coefficient (Wildman–Crippen LogP) is 2.57. The molecule has 3 heteroatoms. The SMILES string of the molecule is CC(C)(N)c1cc(CN2CCCCC2)ccc1O. The standard InChI is InChI=1S/C15H24N2O/c1-15(2,16)13-10-12(6-7-14(13)18)11-17-8-4-3-5-9-17/h6-7,10,18H,3-5,8-9,11,16H2,1-2H3. The fourth-order valence-corrected chi connectivity index (χ4v) is 2.57. The first-order valence-electron chi connectivity index (χ1n) is 6.80. The minimum Gasteiger partial charge on any atom is -0.508 e. The third kappa shape index (κ3) is 3.24. The van der Waals surface area contributed by atoms with Gasteiger partial charge in [0.05, 0.1) is 0 Å². The molecule has 0 unspecified atom stereocenters.